The second-order valence-corrected chi connectivity index (χ2v) is 9.29. The molecule has 4 rings (SSSR count). The number of hydrogen-bond acceptors (Lipinski definition) is 5. The third-order valence-electron chi connectivity index (χ3n) is 6.67. The van der Waals surface area contributed by atoms with Crippen LogP contribution in [0.25, 0.3) is 12.2 Å². The first-order chi connectivity index (χ1) is 16.7. The predicted octanol–water partition coefficient (Wildman–Crippen LogP) is 5.85. The van der Waals surface area contributed by atoms with E-state index in [4.69, 9.17) is 0 Å². The van der Waals surface area contributed by atoms with Crippen LogP contribution in [0.3, 0.4) is 0 Å². The van der Waals surface area contributed by atoms with Gasteiger partial charge in [-0.15, -0.1) is 0 Å². The van der Waals surface area contributed by atoms with Crippen molar-refractivity contribution in [1.29, 1.82) is 5.26 Å². The molecule has 184 valence electrons. The molecule has 1 aromatic heterocycles. The Morgan fingerprint density at radius 3 is 2.69 bits per heavy atom. The van der Waals surface area contributed by atoms with E-state index in [-0.39, 0.29) is 12.5 Å². The highest BCUT2D eigenvalue weighted by Crippen LogP contribution is 2.30. The molecule has 1 N–H and O–H groups in total. The molecule has 5 nitrogen and oxygen atoms in total. The Hall–Kier alpha value is -3.18. The van der Waals surface area contributed by atoms with Gasteiger partial charge in [-0.3, -0.25) is 4.90 Å². The number of aromatic nitrogens is 2. The van der Waals surface area contributed by atoms with Crippen LogP contribution >= 0.6 is 0 Å². The van der Waals surface area contributed by atoms with Gasteiger partial charge in [-0.25, -0.2) is 9.97 Å². The van der Waals surface area contributed by atoms with Crippen LogP contribution < -0.4 is 5.32 Å². The van der Waals surface area contributed by atoms with Gasteiger partial charge in [-0.1, -0.05) is 18.2 Å². The molecule has 0 atom stereocenters. The highest BCUT2D eigenvalue weighted by atomic mass is 19.4. The highest BCUT2D eigenvalue weighted by Gasteiger charge is 2.27. The van der Waals surface area contributed by atoms with Crippen LogP contribution in [0.4, 0.5) is 19.0 Å². The quantitative estimate of drug-likeness (QED) is 0.537. The first-order valence-electron chi connectivity index (χ1n) is 12.0. The van der Waals surface area contributed by atoms with Gasteiger partial charge in [0.1, 0.15) is 5.82 Å². The minimum absolute atomic E-state index is 0.158. The zero-order valence-corrected chi connectivity index (χ0v) is 20.1. The number of rotatable bonds is 7. The maximum Gasteiger partial charge on any atom is 0.389 e. The summed E-state index contributed by atoms with van der Waals surface area (Å²) < 4.78 is 38.1. The second-order valence-electron chi connectivity index (χ2n) is 9.29. The summed E-state index contributed by atoms with van der Waals surface area (Å²) in [6.07, 6.45) is 2.80. The maximum absolute atomic E-state index is 12.7. The van der Waals surface area contributed by atoms with Crippen molar-refractivity contribution in [2.24, 2.45) is 0 Å². The zero-order valence-electron chi connectivity index (χ0n) is 20.1. The lowest BCUT2D eigenvalue weighted by molar-refractivity contribution is -0.134. The molecule has 2 aliphatic rings. The van der Waals surface area contributed by atoms with Crippen molar-refractivity contribution in [2.75, 3.05) is 18.4 Å². The molecule has 1 aliphatic heterocycles. The number of nitrogens with one attached hydrogen (secondary N) is 1. The third-order valence-corrected chi connectivity index (χ3v) is 6.67. The lowest BCUT2D eigenvalue weighted by Crippen LogP contribution is -2.39. The third kappa shape index (κ3) is 6.49. The lowest BCUT2D eigenvalue weighted by atomic mass is 9.97. The molecule has 0 unspecified atom stereocenters. The first kappa shape index (κ1) is 24.9. The molecule has 2 aromatic rings. The smallest absolute Gasteiger partial charge is 0.367 e. The zero-order chi connectivity index (χ0) is 25.0. The van der Waals surface area contributed by atoms with Crippen LogP contribution in [0.1, 0.15) is 60.0 Å². The van der Waals surface area contributed by atoms with Crippen molar-refractivity contribution in [3.8, 4) is 6.07 Å². The van der Waals surface area contributed by atoms with E-state index in [0.29, 0.717) is 17.3 Å². The maximum atomic E-state index is 12.7. The van der Waals surface area contributed by atoms with Crippen molar-refractivity contribution in [1.82, 2.24) is 14.9 Å². The fourth-order valence-corrected chi connectivity index (χ4v) is 4.76. The van der Waals surface area contributed by atoms with Crippen LogP contribution in [0.2, 0.25) is 0 Å². The number of allylic oxidation sites excluding steroid dienone is 2. The van der Waals surface area contributed by atoms with E-state index in [1.807, 2.05) is 13.0 Å². The molecule has 8 heteroatoms. The van der Waals surface area contributed by atoms with E-state index in [1.54, 1.807) is 18.2 Å². The van der Waals surface area contributed by atoms with Crippen molar-refractivity contribution in [2.45, 2.75) is 64.7 Å². The summed E-state index contributed by atoms with van der Waals surface area (Å²) in [7, 11) is 0. The largest absolute Gasteiger partial charge is 0.389 e. The average Bonchev–Trinajstić information content (AvgIpc) is 3.25. The van der Waals surface area contributed by atoms with Crippen LogP contribution in [0.15, 0.2) is 29.8 Å². The number of anilines is 1. The molecule has 1 fully saturated rings. The molecule has 0 spiro atoms. The molecule has 0 radical (unpaired) electrons. The first-order valence-corrected chi connectivity index (χ1v) is 12.0. The molecule has 1 saturated heterocycles. The Kier molecular flexibility index (Phi) is 7.56. The Labute approximate surface area is 204 Å². The number of nitriles is 1. The van der Waals surface area contributed by atoms with Gasteiger partial charge in [0.15, 0.2) is 5.82 Å². The fraction of sp³-hybridized carbons (Fsp3) is 0.444. The van der Waals surface area contributed by atoms with Gasteiger partial charge >= 0.3 is 6.18 Å². The molecule has 0 bridgehead atoms. The van der Waals surface area contributed by atoms with E-state index >= 15 is 0 Å². The summed E-state index contributed by atoms with van der Waals surface area (Å²) in [5.41, 5.74) is 6.16. The Balaban J connectivity index is 1.36. The highest BCUT2D eigenvalue weighted by molar-refractivity contribution is 5.70. The number of benzene rings is 1. The Bertz CT molecular complexity index is 1170. The van der Waals surface area contributed by atoms with Crippen molar-refractivity contribution in [3.63, 3.8) is 0 Å². The molecular weight excluding hydrogens is 451 g/mol. The van der Waals surface area contributed by atoms with Gasteiger partial charge in [0, 0.05) is 55.9 Å². The molecule has 1 aliphatic carbocycles. The number of nitrogens with zero attached hydrogens (tertiary/aromatic N) is 4. The van der Waals surface area contributed by atoms with E-state index in [0.717, 1.165) is 44.5 Å². The van der Waals surface area contributed by atoms with Crippen molar-refractivity contribution in [3.05, 3.63) is 63.6 Å². The summed E-state index contributed by atoms with van der Waals surface area (Å²) in [4.78, 5) is 11.2. The molecule has 2 heterocycles. The van der Waals surface area contributed by atoms with Gasteiger partial charge in [-0.2, -0.15) is 18.4 Å². The number of aryl methyl sites for hydroxylation is 1. The van der Waals surface area contributed by atoms with E-state index < -0.39 is 12.6 Å². The van der Waals surface area contributed by atoms with E-state index in [1.165, 1.54) is 22.3 Å². The fourth-order valence-electron chi connectivity index (χ4n) is 4.76. The van der Waals surface area contributed by atoms with Crippen molar-refractivity contribution < 1.29 is 13.2 Å². The number of likely N-dealkylation sites (tertiary alicyclic amines) is 1. The number of hydrogen-bond donors (Lipinski definition) is 1. The molecule has 0 saturated carbocycles. The summed E-state index contributed by atoms with van der Waals surface area (Å²) >= 11 is 0. The van der Waals surface area contributed by atoms with Crippen LogP contribution in [-0.4, -0.2) is 40.2 Å². The van der Waals surface area contributed by atoms with Crippen LogP contribution in [0, 0.1) is 18.3 Å². The van der Waals surface area contributed by atoms with Gasteiger partial charge in [-0.05, 0) is 67.5 Å². The Morgan fingerprint density at radius 1 is 1.23 bits per heavy atom. The number of halogens is 3. The van der Waals surface area contributed by atoms with Gasteiger partial charge < -0.3 is 5.32 Å². The minimum atomic E-state index is -4.21. The molecule has 0 amide bonds. The lowest BCUT2D eigenvalue weighted by Gasteiger charge is -2.33. The molecular formula is C27H30F3N5. The standard InChI is InChI=1S/C27H30F3N5/c1-3-4-25-33-23(7-10-27(28,29)30)15-26(34-25)32-22-8-11-35(12-9-22)17-21-6-5-20-13-19(16-31)14-24(20)18(21)2/h3-6,14-15,22H,7-13,17H2,1-2H3,(H,32,33,34)/b4-3+. The average molecular weight is 482 g/mol. The summed E-state index contributed by atoms with van der Waals surface area (Å²) in [5, 5.41) is 12.6. The predicted molar refractivity (Wildman–Crippen MR) is 132 cm³/mol. The number of alkyl halides is 3. The van der Waals surface area contributed by atoms with Gasteiger partial charge in [0.05, 0.1) is 6.07 Å². The van der Waals surface area contributed by atoms with E-state index in [2.05, 4.69) is 45.3 Å². The molecule has 1 aromatic carbocycles. The minimum Gasteiger partial charge on any atom is -0.367 e. The monoisotopic (exact) mass is 481 g/mol. The topological polar surface area (TPSA) is 64.8 Å². The van der Waals surface area contributed by atoms with Gasteiger partial charge in [0.25, 0.3) is 0 Å². The van der Waals surface area contributed by atoms with Crippen molar-refractivity contribution >= 4 is 18.0 Å². The summed E-state index contributed by atoms with van der Waals surface area (Å²) in [6.45, 7) is 6.66. The van der Waals surface area contributed by atoms with Crippen LogP contribution in [-0.2, 0) is 19.4 Å². The molecule has 35 heavy (non-hydrogen) atoms. The number of piperidine rings is 1. The number of fused-ring (bicyclic) bond motifs is 1. The summed E-state index contributed by atoms with van der Waals surface area (Å²) in [5.74, 6) is 1.01. The van der Waals surface area contributed by atoms with Gasteiger partial charge in [0.2, 0.25) is 0 Å². The second kappa shape index (κ2) is 10.6. The SMILES string of the molecule is C/C=C/c1nc(CCC(F)(F)F)cc(NC2CCN(Cc3ccc4c(c3C)C=C(C#N)C4)CC2)n1. The Morgan fingerprint density at radius 2 is 2.00 bits per heavy atom. The van der Waals surface area contributed by atoms with Crippen LogP contribution in [0.5, 0.6) is 0 Å². The summed E-state index contributed by atoms with van der Waals surface area (Å²) in [6, 6.07) is 8.44. The normalized spacial score (nSPS) is 16.9. The van der Waals surface area contributed by atoms with E-state index in [9.17, 15) is 18.4 Å².